The molecule has 1 amide bonds. The number of aliphatic imine (C=N–C) groups is 1. The van der Waals surface area contributed by atoms with E-state index < -0.39 is 0 Å². The van der Waals surface area contributed by atoms with Crippen molar-refractivity contribution in [2.24, 2.45) is 4.99 Å². The van der Waals surface area contributed by atoms with E-state index in [1.165, 1.54) is 0 Å². The standard InChI is InChI=1S/C24H39N5O3/c1-4-25-24(26-11-8-13-28-12-7-5-6-9-23(28)30)27-19-10-14-29(18-19)20-15-21(31-2)17-22(16-20)32-3/h15-17,19H,4-14,18H2,1-3H3,(H2,25,26,27). The predicted octanol–water partition coefficient (Wildman–Crippen LogP) is 2.63. The minimum Gasteiger partial charge on any atom is -0.497 e. The van der Waals surface area contributed by atoms with Gasteiger partial charge in [-0.2, -0.15) is 0 Å². The van der Waals surface area contributed by atoms with Crippen LogP contribution >= 0.6 is 0 Å². The molecule has 1 atom stereocenters. The lowest BCUT2D eigenvalue weighted by atomic mass is 10.2. The molecule has 0 saturated carbocycles. The second-order valence-corrected chi connectivity index (χ2v) is 8.45. The van der Waals surface area contributed by atoms with Crippen LogP contribution in [0, 0.1) is 0 Å². The summed E-state index contributed by atoms with van der Waals surface area (Å²) in [7, 11) is 3.35. The molecule has 0 spiro atoms. The number of ether oxygens (including phenoxy) is 2. The maximum atomic E-state index is 12.1. The summed E-state index contributed by atoms with van der Waals surface area (Å²) in [4.78, 5) is 21.3. The monoisotopic (exact) mass is 445 g/mol. The molecule has 8 heteroatoms. The number of likely N-dealkylation sites (tertiary alicyclic amines) is 1. The first-order chi connectivity index (χ1) is 15.6. The average Bonchev–Trinajstić information content (AvgIpc) is 3.18. The Bertz CT molecular complexity index is 748. The number of nitrogens with zero attached hydrogens (tertiary/aromatic N) is 3. The lowest BCUT2D eigenvalue weighted by Gasteiger charge is -2.22. The highest BCUT2D eigenvalue weighted by molar-refractivity contribution is 5.80. The van der Waals surface area contributed by atoms with E-state index in [9.17, 15) is 4.79 Å². The second kappa shape index (κ2) is 12.4. The molecule has 2 aliphatic rings. The van der Waals surface area contributed by atoms with Gasteiger partial charge in [-0.05, 0) is 32.6 Å². The van der Waals surface area contributed by atoms with Crippen molar-refractivity contribution in [3.8, 4) is 11.5 Å². The number of carbonyl (C=O) groups is 1. The summed E-state index contributed by atoms with van der Waals surface area (Å²) in [5, 5.41) is 6.94. The zero-order valence-electron chi connectivity index (χ0n) is 19.9. The number of hydrogen-bond acceptors (Lipinski definition) is 5. The van der Waals surface area contributed by atoms with Gasteiger partial charge in [0.1, 0.15) is 11.5 Å². The number of anilines is 1. The molecule has 32 heavy (non-hydrogen) atoms. The normalized spacial score (nSPS) is 19.7. The van der Waals surface area contributed by atoms with Gasteiger partial charge in [-0.25, -0.2) is 0 Å². The Balaban J connectivity index is 1.51. The van der Waals surface area contributed by atoms with Crippen molar-refractivity contribution < 1.29 is 14.3 Å². The first-order valence-electron chi connectivity index (χ1n) is 11.9. The number of amides is 1. The molecule has 1 aromatic rings. The molecule has 2 saturated heterocycles. The van der Waals surface area contributed by atoms with Gasteiger partial charge in [0.25, 0.3) is 0 Å². The maximum absolute atomic E-state index is 12.1. The van der Waals surface area contributed by atoms with Gasteiger partial charge in [0.05, 0.1) is 14.2 Å². The molecule has 0 bridgehead atoms. The molecule has 2 N–H and O–H groups in total. The van der Waals surface area contributed by atoms with Crippen LogP contribution in [0.5, 0.6) is 11.5 Å². The van der Waals surface area contributed by atoms with Gasteiger partial charge in [-0.1, -0.05) is 6.42 Å². The third kappa shape index (κ3) is 6.93. The Kier molecular flexibility index (Phi) is 9.31. The molecule has 2 fully saturated rings. The molecule has 0 aromatic heterocycles. The molecule has 0 aliphatic carbocycles. The van der Waals surface area contributed by atoms with E-state index in [0.29, 0.717) is 24.9 Å². The SMILES string of the molecule is CCNC(=NCCCN1CCCCCC1=O)NC1CCN(c2cc(OC)cc(OC)c2)C1. The predicted molar refractivity (Wildman–Crippen MR) is 129 cm³/mol. The highest BCUT2D eigenvalue weighted by atomic mass is 16.5. The van der Waals surface area contributed by atoms with Crippen molar-refractivity contribution in [1.82, 2.24) is 15.5 Å². The molecule has 1 aromatic carbocycles. The fraction of sp³-hybridized carbons (Fsp3) is 0.667. The van der Waals surface area contributed by atoms with E-state index in [4.69, 9.17) is 14.5 Å². The molecule has 2 heterocycles. The highest BCUT2D eigenvalue weighted by Gasteiger charge is 2.24. The molecule has 0 radical (unpaired) electrons. The fourth-order valence-electron chi connectivity index (χ4n) is 4.33. The summed E-state index contributed by atoms with van der Waals surface area (Å²) in [5.41, 5.74) is 1.11. The Morgan fingerprint density at radius 2 is 1.91 bits per heavy atom. The van der Waals surface area contributed by atoms with Gasteiger partial charge in [0.2, 0.25) is 5.91 Å². The van der Waals surface area contributed by atoms with Crippen molar-refractivity contribution in [1.29, 1.82) is 0 Å². The third-order valence-electron chi connectivity index (χ3n) is 6.10. The van der Waals surface area contributed by atoms with Crippen molar-refractivity contribution in [3.63, 3.8) is 0 Å². The van der Waals surface area contributed by atoms with E-state index in [-0.39, 0.29) is 0 Å². The van der Waals surface area contributed by atoms with Gasteiger partial charge in [0.15, 0.2) is 5.96 Å². The third-order valence-corrected chi connectivity index (χ3v) is 6.10. The Labute approximate surface area is 192 Å². The Morgan fingerprint density at radius 3 is 2.62 bits per heavy atom. The number of hydrogen-bond donors (Lipinski definition) is 2. The van der Waals surface area contributed by atoms with E-state index in [1.807, 2.05) is 23.1 Å². The number of carbonyl (C=O) groups excluding carboxylic acids is 1. The summed E-state index contributed by atoms with van der Waals surface area (Å²) in [6.45, 7) is 7.16. The van der Waals surface area contributed by atoms with Crippen molar-refractivity contribution in [2.75, 3.05) is 58.4 Å². The van der Waals surface area contributed by atoms with E-state index in [0.717, 1.165) is 88.0 Å². The van der Waals surface area contributed by atoms with Crippen LogP contribution in [0.4, 0.5) is 5.69 Å². The maximum Gasteiger partial charge on any atom is 0.222 e. The van der Waals surface area contributed by atoms with E-state index in [1.54, 1.807) is 14.2 Å². The van der Waals surface area contributed by atoms with Crippen LogP contribution in [-0.2, 0) is 4.79 Å². The van der Waals surface area contributed by atoms with Crippen LogP contribution in [0.3, 0.4) is 0 Å². The summed E-state index contributed by atoms with van der Waals surface area (Å²) in [6.07, 6.45) is 5.94. The summed E-state index contributed by atoms with van der Waals surface area (Å²) in [5.74, 6) is 2.75. The van der Waals surface area contributed by atoms with Crippen LogP contribution in [0.1, 0.15) is 45.4 Å². The fourth-order valence-corrected chi connectivity index (χ4v) is 4.33. The number of rotatable bonds is 9. The van der Waals surface area contributed by atoms with Gasteiger partial charge in [-0.15, -0.1) is 0 Å². The van der Waals surface area contributed by atoms with Crippen LogP contribution in [0.25, 0.3) is 0 Å². The molecule has 1 unspecified atom stereocenters. The van der Waals surface area contributed by atoms with Crippen LogP contribution in [0.2, 0.25) is 0 Å². The van der Waals surface area contributed by atoms with Gasteiger partial charge in [-0.3, -0.25) is 9.79 Å². The second-order valence-electron chi connectivity index (χ2n) is 8.45. The quantitative estimate of drug-likeness (QED) is 0.346. The Hall–Kier alpha value is -2.64. The lowest BCUT2D eigenvalue weighted by molar-refractivity contribution is -0.130. The zero-order valence-corrected chi connectivity index (χ0v) is 19.9. The molecular formula is C24H39N5O3. The summed E-state index contributed by atoms with van der Waals surface area (Å²) >= 11 is 0. The van der Waals surface area contributed by atoms with Crippen molar-refractivity contribution in [3.05, 3.63) is 18.2 Å². The molecule has 3 rings (SSSR count). The van der Waals surface area contributed by atoms with Crippen LogP contribution < -0.4 is 25.0 Å². The number of methoxy groups -OCH3 is 2. The minimum atomic E-state index is 0.303. The average molecular weight is 446 g/mol. The largest absolute Gasteiger partial charge is 0.497 e. The van der Waals surface area contributed by atoms with Crippen LogP contribution in [-0.4, -0.2) is 76.3 Å². The first-order valence-corrected chi connectivity index (χ1v) is 11.9. The highest BCUT2D eigenvalue weighted by Crippen LogP contribution is 2.30. The lowest BCUT2D eigenvalue weighted by Crippen LogP contribution is -2.44. The number of nitrogens with one attached hydrogen (secondary N) is 2. The number of benzene rings is 1. The minimum absolute atomic E-state index is 0.303. The van der Waals surface area contributed by atoms with Crippen molar-refractivity contribution >= 4 is 17.6 Å². The topological polar surface area (TPSA) is 78.4 Å². The summed E-state index contributed by atoms with van der Waals surface area (Å²) < 4.78 is 10.8. The molecule has 2 aliphatic heterocycles. The Morgan fingerprint density at radius 1 is 1.12 bits per heavy atom. The van der Waals surface area contributed by atoms with E-state index >= 15 is 0 Å². The molecule has 8 nitrogen and oxygen atoms in total. The zero-order chi connectivity index (χ0) is 22.8. The molecular weight excluding hydrogens is 406 g/mol. The van der Waals surface area contributed by atoms with Crippen LogP contribution in [0.15, 0.2) is 23.2 Å². The van der Waals surface area contributed by atoms with Gasteiger partial charge in [0, 0.05) is 75.6 Å². The smallest absolute Gasteiger partial charge is 0.222 e. The number of guanidine groups is 1. The van der Waals surface area contributed by atoms with E-state index in [2.05, 4.69) is 22.5 Å². The first kappa shape index (κ1) is 24.0. The summed E-state index contributed by atoms with van der Waals surface area (Å²) in [6, 6.07) is 6.31. The van der Waals surface area contributed by atoms with Gasteiger partial charge >= 0.3 is 0 Å². The molecule has 178 valence electrons. The van der Waals surface area contributed by atoms with Gasteiger partial charge < -0.3 is 29.9 Å². The van der Waals surface area contributed by atoms with Crippen molar-refractivity contribution in [2.45, 2.75) is 51.5 Å².